The van der Waals surface area contributed by atoms with Gasteiger partial charge >= 0.3 is 6.03 Å². The van der Waals surface area contributed by atoms with Crippen LogP contribution in [0.5, 0.6) is 0 Å². The molecule has 2 aromatic rings. The van der Waals surface area contributed by atoms with E-state index in [0.29, 0.717) is 12.0 Å². The molecule has 0 saturated carbocycles. The number of nitriles is 1. The van der Waals surface area contributed by atoms with Crippen molar-refractivity contribution in [2.75, 3.05) is 11.9 Å². The van der Waals surface area contributed by atoms with Crippen molar-refractivity contribution >= 4 is 40.8 Å². The van der Waals surface area contributed by atoms with Crippen LogP contribution < -0.4 is 4.90 Å². The molecule has 1 aromatic carbocycles. The molecule has 6 nitrogen and oxygen atoms in total. The second kappa shape index (κ2) is 6.71. The number of likely N-dealkylation sites (N-methyl/N-ethyl adjacent to an activating group) is 1. The molecule has 1 aliphatic heterocycles. The summed E-state index contributed by atoms with van der Waals surface area (Å²) < 4.78 is 0. The number of benzene rings is 1. The highest BCUT2D eigenvalue weighted by molar-refractivity contribution is 6.33. The number of anilines is 1. The molecule has 1 saturated heterocycles. The van der Waals surface area contributed by atoms with Gasteiger partial charge in [-0.15, -0.1) is 0 Å². The highest BCUT2D eigenvalue weighted by Gasteiger charge is 2.44. The Morgan fingerprint density at radius 1 is 1.16 bits per heavy atom. The first-order valence-corrected chi connectivity index (χ1v) is 8.09. The van der Waals surface area contributed by atoms with Crippen LogP contribution in [0, 0.1) is 11.3 Å². The molecule has 0 bridgehead atoms. The lowest BCUT2D eigenvalue weighted by atomic mass is 10.0. The van der Waals surface area contributed by atoms with Gasteiger partial charge in [0.15, 0.2) is 0 Å². The molecule has 0 N–H and O–H groups in total. The summed E-state index contributed by atoms with van der Waals surface area (Å²) in [5, 5.41) is 9.04. The van der Waals surface area contributed by atoms with Crippen molar-refractivity contribution in [2.45, 2.75) is 12.5 Å². The van der Waals surface area contributed by atoms with Crippen LogP contribution in [0.3, 0.4) is 0 Å². The summed E-state index contributed by atoms with van der Waals surface area (Å²) in [4.78, 5) is 31.5. The Hall–Kier alpha value is -2.62. The zero-order valence-electron chi connectivity index (χ0n) is 13.1. The minimum Gasteiger partial charge on any atom is -0.315 e. The molecule has 1 aliphatic rings. The minimum atomic E-state index is -0.647. The van der Waals surface area contributed by atoms with E-state index in [9.17, 15) is 9.59 Å². The maximum absolute atomic E-state index is 12.8. The van der Waals surface area contributed by atoms with Crippen LogP contribution >= 0.6 is 23.2 Å². The first kappa shape index (κ1) is 17.2. The normalized spacial score (nSPS) is 17.1. The van der Waals surface area contributed by atoms with Crippen molar-refractivity contribution in [1.29, 1.82) is 5.26 Å². The van der Waals surface area contributed by atoms with E-state index in [4.69, 9.17) is 28.5 Å². The van der Waals surface area contributed by atoms with Crippen molar-refractivity contribution in [3.8, 4) is 6.07 Å². The van der Waals surface area contributed by atoms with E-state index in [2.05, 4.69) is 4.98 Å². The van der Waals surface area contributed by atoms with Gasteiger partial charge in [-0.3, -0.25) is 4.79 Å². The number of hydrogen-bond donors (Lipinski definition) is 0. The molecule has 3 amide bonds. The van der Waals surface area contributed by atoms with Crippen molar-refractivity contribution < 1.29 is 9.59 Å². The van der Waals surface area contributed by atoms with Crippen LogP contribution in [0.25, 0.3) is 0 Å². The second-order valence-corrected chi connectivity index (χ2v) is 6.34. The zero-order valence-corrected chi connectivity index (χ0v) is 14.6. The molecule has 3 rings (SSSR count). The van der Waals surface area contributed by atoms with E-state index >= 15 is 0 Å². The molecule has 1 unspecified atom stereocenters. The molecular weight excluding hydrogens is 363 g/mol. The summed E-state index contributed by atoms with van der Waals surface area (Å²) in [7, 11) is 1.57. The van der Waals surface area contributed by atoms with E-state index in [1.807, 2.05) is 6.07 Å². The van der Waals surface area contributed by atoms with Crippen LogP contribution in [0.4, 0.5) is 10.5 Å². The molecule has 1 atom stereocenters. The fourth-order valence-electron chi connectivity index (χ4n) is 2.68. The SMILES string of the molecule is CN1C(=O)N(c2cc(Cl)nc(Cl)c2)C(=O)C1Cc1ccc(C#N)cc1. The highest BCUT2D eigenvalue weighted by atomic mass is 35.5. The lowest BCUT2D eigenvalue weighted by Crippen LogP contribution is -2.33. The summed E-state index contributed by atoms with van der Waals surface area (Å²) in [6.45, 7) is 0. The fraction of sp³-hybridized carbons (Fsp3) is 0.176. The van der Waals surface area contributed by atoms with Crippen LogP contribution in [-0.2, 0) is 11.2 Å². The lowest BCUT2D eigenvalue weighted by Gasteiger charge is -2.15. The number of carbonyl (C=O) groups excluding carboxylic acids is 2. The quantitative estimate of drug-likeness (QED) is 0.610. The van der Waals surface area contributed by atoms with Crippen molar-refractivity contribution in [3.63, 3.8) is 0 Å². The largest absolute Gasteiger partial charge is 0.331 e. The number of pyridine rings is 1. The number of aromatic nitrogens is 1. The smallest absolute Gasteiger partial charge is 0.315 e. The average Bonchev–Trinajstić information content (AvgIpc) is 2.78. The number of amides is 3. The number of halogens is 2. The van der Waals surface area contributed by atoms with Gasteiger partial charge in [-0.05, 0) is 29.8 Å². The Kier molecular flexibility index (Phi) is 4.62. The Morgan fingerprint density at radius 3 is 2.32 bits per heavy atom. The minimum absolute atomic E-state index is 0.0984. The van der Waals surface area contributed by atoms with E-state index in [1.54, 1.807) is 31.3 Å². The molecule has 0 aliphatic carbocycles. The van der Waals surface area contributed by atoms with Gasteiger partial charge in [-0.2, -0.15) is 5.26 Å². The third-order valence-corrected chi connectivity index (χ3v) is 4.37. The van der Waals surface area contributed by atoms with Crippen LogP contribution in [0.2, 0.25) is 10.3 Å². The number of carbonyl (C=O) groups is 2. The molecule has 1 fully saturated rings. The summed E-state index contributed by atoms with van der Waals surface area (Å²) in [5.41, 5.74) is 1.67. The van der Waals surface area contributed by atoms with Gasteiger partial charge in [0.2, 0.25) is 0 Å². The Balaban J connectivity index is 1.88. The third kappa shape index (κ3) is 3.29. The number of hydrogen-bond acceptors (Lipinski definition) is 4. The molecule has 2 heterocycles. The topological polar surface area (TPSA) is 77.3 Å². The van der Waals surface area contributed by atoms with Gasteiger partial charge < -0.3 is 4.90 Å². The van der Waals surface area contributed by atoms with Gasteiger partial charge in [0.25, 0.3) is 5.91 Å². The molecule has 126 valence electrons. The highest BCUT2D eigenvalue weighted by Crippen LogP contribution is 2.29. The van der Waals surface area contributed by atoms with E-state index < -0.39 is 12.1 Å². The maximum Gasteiger partial charge on any atom is 0.331 e. The second-order valence-electron chi connectivity index (χ2n) is 5.57. The monoisotopic (exact) mass is 374 g/mol. The van der Waals surface area contributed by atoms with E-state index in [-0.39, 0.29) is 21.9 Å². The first-order chi connectivity index (χ1) is 11.9. The first-order valence-electron chi connectivity index (χ1n) is 7.33. The molecular formula is C17H12Cl2N4O2. The van der Waals surface area contributed by atoms with Crippen molar-refractivity contribution in [3.05, 3.63) is 57.8 Å². The van der Waals surface area contributed by atoms with Crippen LogP contribution in [-0.4, -0.2) is 34.9 Å². The molecule has 8 heteroatoms. The molecule has 0 radical (unpaired) electrons. The van der Waals surface area contributed by atoms with Gasteiger partial charge in [-0.25, -0.2) is 14.7 Å². The Bertz CT molecular complexity index is 872. The Labute approximate surface area is 154 Å². The van der Waals surface area contributed by atoms with E-state index in [0.717, 1.165) is 10.5 Å². The van der Waals surface area contributed by atoms with Gasteiger partial charge in [0.05, 0.1) is 17.3 Å². The summed E-state index contributed by atoms with van der Waals surface area (Å²) in [5.74, 6) is -0.366. The van der Waals surface area contributed by atoms with Gasteiger partial charge in [0.1, 0.15) is 16.3 Å². The predicted molar refractivity (Wildman–Crippen MR) is 93.6 cm³/mol. The maximum atomic E-state index is 12.8. The van der Waals surface area contributed by atoms with Gasteiger partial charge in [-0.1, -0.05) is 35.3 Å². The average molecular weight is 375 g/mol. The fourth-order valence-corrected chi connectivity index (χ4v) is 3.13. The predicted octanol–water partition coefficient (Wildman–Crippen LogP) is 3.27. The lowest BCUT2D eigenvalue weighted by molar-refractivity contribution is -0.119. The number of rotatable bonds is 3. The van der Waals surface area contributed by atoms with Gasteiger partial charge in [0, 0.05) is 13.5 Å². The van der Waals surface area contributed by atoms with E-state index in [1.165, 1.54) is 17.0 Å². The third-order valence-electron chi connectivity index (χ3n) is 3.98. The zero-order chi connectivity index (χ0) is 18.1. The summed E-state index contributed by atoms with van der Waals surface area (Å²) >= 11 is 11.7. The van der Waals surface area contributed by atoms with Crippen molar-refractivity contribution in [1.82, 2.24) is 9.88 Å². The number of imide groups is 1. The Morgan fingerprint density at radius 2 is 1.76 bits per heavy atom. The summed E-state index contributed by atoms with van der Waals surface area (Å²) in [6, 6.07) is 10.7. The standard InChI is InChI=1S/C17H12Cl2N4O2/c1-22-13(6-10-2-4-11(9-20)5-3-10)16(24)23(17(22)25)12-7-14(18)21-15(19)8-12/h2-5,7-8,13H,6H2,1H3. The van der Waals surface area contributed by atoms with Crippen LogP contribution in [0.1, 0.15) is 11.1 Å². The van der Waals surface area contributed by atoms with Crippen LogP contribution in [0.15, 0.2) is 36.4 Å². The van der Waals surface area contributed by atoms with Crippen molar-refractivity contribution in [2.24, 2.45) is 0 Å². The molecule has 25 heavy (non-hydrogen) atoms. The number of urea groups is 1. The molecule has 1 aromatic heterocycles. The summed E-state index contributed by atoms with van der Waals surface area (Å²) in [6.07, 6.45) is 0.343. The number of nitrogens with zero attached hydrogens (tertiary/aromatic N) is 4. The molecule has 0 spiro atoms.